The summed E-state index contributed by atoms with van der Waals surface area (Å²) in [5.74, 6) is 0.408. The molecule has 0 saturated carbocycles. The summed E-state index contributed by atoms with van der Waals surface area (Å²) in [6.45, 7) is 3.97. The van der Waals surface area contributed by atoms with Crippen LogP contribution in [-0.4, -0.2) is 16.1 Å². The van der Waals surface area contributed by atoms with Gasteiger partial charge in [0.2, 0.25) is 0 Å². The minimum absolute atomic E-state index is 0.0315. The highest BCUT2D eigenvalue weighted by molar-refractivity contribution is 6.31. The number of nitrogens with one attached hydrogen (secondary N) is 1. The summed E-state index contributed by atoms with van der Waals surface area (Å²) >= 11 is 5.74. The van der Waals surface area contributed by atoms with Gasteiger partial charge in [0.25, 0.3) is 5.88 Å². The summed E-state index contributed by atoms with van der Waals surface area (Å²) in [6.07, 6.45) is 4.00. The van der Waals surface area contributed by atoms with E-state index in [0.717, 1.165) is 6.42 Å². The third kappa shape index (κ3) is 3.57. The fraction of sp³-hybridized carbons (Fsp3) is 0.286. The Balaban J connectivity index is 2.22. The SMILES string of the molecule is CCC(C)Oc1nccnc1Nc1ccc(F)c(Cl)c1. The zero-order chi connectivity index (χ0) is 14.5. The number of hydrogen-bond acceptors (Lipinski definition) is 4. The third-order valence-electron chi connectivity index (χ3n) is 2.73. The van der Waals surface area contributed by atoms with Gasteiger partial charge in [-0.25, -0.2) is 14.4 Å². The van der Waals surface area contributed by atoms with Crippen LogP contribution in [0.3, 0.4) is 0 Å². The van der Waals surface area contributed by atoms with Crippen LogP contribution in [0.5, 0.6) is 5.88 Å². The highest BCUT2D eigenvalue weighted by atomic mass is 35.5. The molecule has 0 aliphatic heterocycles. The van der Waals surface area contributed by atoms with E-state index >= 15 is 0 Å². The van der Waals surface area contributed by atoms with Crippen molar-refractivity contribution in [2.45, 2.75) is 26.4 Å². The predicted molar refractivity (Wildman–Crippen MR) is 77.1 cm³/mol. The first-order valence-corrected chi connectivity index (χ1v) is 6.67. The van der Waals surface area contributed by atoms with Crippen LogP contribution in [0.2, 0.25) is 5.02 Å². The smallest absolute Gasteiger partial charge is 0.258 e. The molecule has 0 aliphatic rings. The molecule has 1 atom stereocenters. The lowest BCUT2D eigenvalue weighted by atomic mass is 10.3. The van der Waals surface area contributed by atoms with Crippen molar-refractivity contribution in [1.82, 2.24) is 9.97 Å². The van der Waals surface area contributed by atoms with Gasteiger partial charge in [0, 0.05) is 18.1 Å². The van der Waals surface area contributed by atoms with E-state index in [1.54, 1.807) is 18.5 Å². The Morgan fingerprint density at radius 1 is 1.35 bits per heavy atom. The Kier molecular flexibility index (Phi) is 4.74. The van der Waals surface area contributed by atoms with E-state index < -0.39 is 5.82 Å². The Labute approximate surface area is 122 Å². The van der Waals surface area contributed by atoms with E-state index in [-0.39, 0.29) is 11.1 Å². The summed E-state index contributed by atoms with van der Waals surface area (Å²) in [6, 6.07) is 4.34. The zero-order valence-electron chi connectivity index (χ0n) is 11.2. The average molecular weight is 296 g/mol. The van der Waals surface area contributed by atoms with Gasteiger partial charge >= 0.3 is 0 Å². The van der Waals surface area contributed by atoms with Crippen LogP contribution in [0, 0.1) is 5.82 Å². The van der Waals surface area contributed by atoms with Gasteiger partial charge in [0.05, 0.1) is 11.1 Å². The summed E-state index contributed by atoms with van der Waals surface area (Å²) in [5.41, 5.74) is 0.617. The molecular formula is C14H15ClFN3O. The number of anilines is 2. The molecule has 6 heteroatoms. The van der Waals surface area contributed by atoms with E-state index in [4.69, 9.17) is 16.3 Å². The average Bonchev–Trinajstić information content (AvgIpc) is 2.45. The molecule has 0 fully saturated rings. The minimum Gasteiger partial charge on any atom is -0.472 e. The monoisotopic (exact) mass is 295 g/mol. The Morgan fingerprint density at radius 3 is 2.80 bits per heavy atom. The van der Waals surface area contributed by atoms with E-state index in [1.807, 2.05) is 13.8 Å². The standard InChI is InChI=1S/C14H15ClFN3O/c1-3-9(2)20-14-13(17-6-7-18-14)19-10-4-5-12(16)11(15)8-10/h4-9H,3H2,1-2H3,(H,17,19). The third-order valence-corrected chi connectivity index (χ3v) is 3.02. The number of ether oxygens (including phenoxy) is 1. The number of nitrogens with zero attached hydrogens (tertiary/aromatic N) is 2. The van der Waals surface area contributed by atoms with Crippen molar-refractivity contribution >= 4 is 23.1 Å². The predicted octanol–water partition coefficient (Wildman–Crippen LogP) is 4.19. The highest BCUT2D eigenvalue weighted by Gasteiger charge is 2.10. The Hall–Kier alpha value is -1.88. The first-order chi connectivity index (χ1) is 9.60. The van der Waals surface area contributed by atoms with Gasteiger partial charge in [-0.1, -0.05) is 18.5 Å². The van der Waals surface area contributed by atoms with Crippen LogP contribution >= 0.6 is 11.6 Å². The van der Waals surface area contributed by atoms with E-state index in [9.17, 15) is 4.39 Å². The zero-order valence-corrected chi connectivity index (χ0v) is 12.0. The van der Waals surface area contributed by atoms with Crippen LogP contribution < -0.4 is 10.1 Å². The van der Waals surface area contributed by atoms with Gasteiger partial charge in [-0.2, -0.15) is 0 Å². The maximum Gasteiger partial charge on any atom is 0.258 e. The molecule has 106 valence electrons. The number of rotatable bonds is 5. The number of aromatic nitrogens is 2. The second kappa shape index (κ2) is 6.52. The summed E-state index contributed by atoms with van der Waals surface area (Å²) < 4.78 is 18.8. The molecule has 1 N–H and O–H groups in total. The summed E-state index contributed by atoms with van der Waals surface area (Å²) in [7, 11) is 0. The first kappa shape index (κ1) is 14.5. The van der Waals surface area contributed by atoms with Gasteiger partial charge in [0.15, 0.2) is 5.82 Å². The second-order valence-electron chi connectivity index (χ2n) is 4.30. The minimum atomic E-state index is -0.465. The first-order valence-electron chi connectivity index (χ1n) is 6.30. The van der Waals surface area contributed by atoms with Gasteiger partial charge < -0.3 is 10.1 Å². The van der Waals surface area contributed by atoms with Crippen LogP contribution in [0.4, 0.5) is 15.9 Å². The number of halogens is 2. The molecule has 0 aliphatic carbocycles. The molecular weight excluding hydrogens is 281 g/mol. The van der Waals surface area contributed by atoms with Crippen molar-refractivity contribution in [2.24, 2.45) is 0 Å². The molecule has 1 unspecified atom stereocenters. The summed E-state index contributed by atoms with van der Waals surface area (Å²) in [5, 5.41) is 3.07. The van der Waals surface area contributed by atoms with Crippen LogP contribution in [0.25, 0.3) is 0 Å². The molecule has 0 bridgehead atoms. The topological polar surface area (TPSA) is 47.0 Å². The molecule has 0 amide bonds. The second-order valence-corrected chi connectivity index (χ2v) is 4.71. The van der Waals surface area contributed by atoms with E-state index in [2.05, 4.69) is 15.3 Å². The lowest BCUT2D eigenvalue weighted by Crippen LogP contribution is -2.12. The molecule has 1 aromatic heterocycles. The molecule has 1 heterocycles. The molecule has 1 aromatic carbocycles. The lowest BCUT2D eigenvalue weighted by molar-refractivity contribution is 0.209. The molecule has 0 spiro atoms. The van der Waals surface area contributed by atoms with Gasteiger partial charge in [0.1, 0.15) is 5.82 Å². The molecule has 0 radical (unpaired) electrons. The van der Waals surface area contributed by atoms with Crippen LogP contribution in [0.15, 0.2) is 30.6 Å². The van der Waals surface area contributed by atoms with E-state index in [1.165, 1.54) is 12.1 Å². The van der Waals surface area contributed by atoms with Crippen molar-refractivity contribution in [2.75, 3.05) is 5.32 Å². The van der Waals surface area contributed by atoms with Crippen molar-refractivity contribution in [3.05, 3.63) is 41.4 Å². The lowest BCUT2D eigenvalue weighted by Gasteiger charge is -2.15. The maximum atomic E-state index is 13.1. The number of benzene rings is 1. The molecule has 2 rings (SSSR count). The van der Waals surface area contributed by atoms with E-state index in [0.29, 0.717) is 17.4 Å². The van der Waals surface area contributed by atoms with Crippen LogP contribution in [0.1, 0.15) is 20.3 Å². The molecule has 4 nitrogen and oxygen atoms in total. The molecule has 0 saturated heterocycles. The van der Waals surface area contributed by atoms with Crippen molar-refractivity contribution < 1.29 is 9.13 Å². The van der Waals surface area contributed by atoms with Gasteiger partial charge in [-0.3, -0.25) is 0 Å². The van der Waals surface area contributed by atoms with Crippen LogP contribution in [-0.2, 0) is 0 Å². The van der Waals surface area contributed by atoms with Crippen molar-refractivity contribution in [1.29, 1.82) is 0 Å². The largest absolute Gasteiger partial charge is 0.472 e. The Bertz CT molecular complexity index is 594. The van der Waals surface area contributed by atoms with Crippen molar-refractivity contribution in [3.8, 4) is 5.88 Å². The quantitative estimate of drug-likeness (QED) is 0.898. The summed E-state index contributed by atoms with van der Waals surface area (Å²) in [4.78, 5) is 8.33. The normalized spacial score (nSPS) is 12.0. The van der Waals surface area contributed by atoms with Gasteiger partial charge in [-0.15, -0.1) is 0 Å². The fourth-order valence-electron chi connectivity index (χ4n) is 1.48. The number of hydrogen-bond donors (Lipinski definition) is 1. The molecule has 2 aromatic rings. The highest BCUT2D eigenvalue weighted by Crippen LogP contribution is 2.26. The Morgan fingerprint density at radius 2 is 2.10 bits per heavy atom. The fourth-order valence-corrected chi connectivity index (χ4v) is 1.66. The maximum absolute atomic E-state index is 13.1. The molecule has 20 heavy (non-hydrogen) atoms. The van der Waals surface area contributed by atoms with Crippen molar-refractivity contribution in [3.63, 3.8) is 0 Å². The van der Waals surface area contributed by atoms with Gasteiger partial charge in [-0.05, 0) is 31.5 Å².